The van der Waals surface area contributed by atoms with Crippen LogP contribution in [0.5, 0.6) is 0 Å². The predicted molar refractivity (Wildman–Crippen MR) is 57.5 cm³/mol. The maximum atomic E-state index is 10.9. The van der Waals surface area contributed by atoms with Crippen LogP contribution < -0.4 is 5.73 Å². The van der Waals surface area contributed by atoms with Crippen LogP contribution in [0.15, 0.2) is 30.3 Å². The molecule has 0 radical (unpaired) electrons. The summed E-state index contributed by atoms with van der Waals surface area (Å²) < 4.78 is 0. The second-order valence-corrected chi connectivity index (χ2v) is 3.38. The fourth-order valence-electron chi connectivity index (χ4n) is 1.31. The zero-order valence-corrected chi connectivity index (χ0v) is 8.80. The van der Waals surface area contributed by atoms with Crippen LogP contribution in [0.4, 0.5) is 0 Å². The Morgan fingerprint density at radius 2 is 1.88 bits per heavy atom. The summed E-state index contributed by atoms with van der Waals surface area (Å²) in [5.41, 5.74) is 5.84. The molecule has 0 aliphatic carbocycles. The van der Waals surface area contributed by atoms with Gasteiger partial charge in [-0.3, -0.25) is 14.8 Å². The van der Waals surface area contributed by atoms with Crippen molar-refractivity contribution in [2.24, 2.45) is 5.73 Å². The van der Waals surface area contributed by atoms with Crippen molar-refractivity contribution in [2.45, 2.75) is 12.8 Å². The molecule has 0 saturated carbocycles. The largest absolute Gasteiger partial charge is 0.361 e. The van der Waals surface area contributed by atoms with Gasteiger partial charge < -0.3 is 5.73 Å². The number of benzene rings is 1. The minimum atomic E-state index is -1.15. The van der Waals surface area contributed by atoms with Gasteiger partial charge in [-0.2, -0.15) is 0 Å². The van der Waals surface area contributed by atoms with Gasteiger partial charge in [-0.1, -0.05) is 30.3 Å². The molecule has 1 aromatic rings. The Labute approximate surface area is 93.4 Å². The molecule has 0 heterocycles. The summed E-state index contributed by atoms with van der Waals surface area (Å²) in [5, 5.41) is 9.50. The summed E-state index contributed by atoms with van der Waals surface area (Å²) in [5.74, 6) is -2.23. The normalized spacial score (nSPS) is 9.81. The molecule has 0 atom stereocenters. The minimum Gasteiger partial charge on any atom is -0.361 e. The lowest BCUT2D eigenvalue weighted by Crippen LogP contribution is -2.38. The molecule has 3 N–H and O–H groups in total. The van der Waals surface area contributed by atoms with E-state index in [-0.39, 0.29) is 6.54 Å². The van der Waals surface area contributed by atoms with Crippen LogP contribution in [0.25, 0.3) is 0 Å². The number of amides is 2. The van der Waals surface area contributed by atoms with E-state index in [1.165, 1.54) is 0 Å². The topological polar surface area (TPSA) is 83.6 Å². The van der Waals surface area contributed by atoms with E-state index in [1.54, 1.807) is 0 Å². The van der Waals surface area contributed by atoms with Gasteiger partial charge in [0.2, 0.25) is 0 Å². The van der Waals surface area contributed by atoms with Crippen LogP contribution in [-0.4, -0.2) is 28.6 Å². The molecule has 5 heteroatoms. The molecule has 1 aromatic carbocycles. The number of primary amides is 1. The van der Waals surface area contributed by atoms with Crippen LogP contribution in [0.3, 0.4) is 0 Å². The molecule has 86 valence electrons. The number of hydrogen-bond acceptors (Lipinski definition) is 3. The second kappa shape index (κ2) is 5.87. The van der Waals surface area contributed by atoms with Gasteiger partial charge in [0.15, 0.2) is 0 Å². The quantitative estimate of drug-likeness (QED) is 0.437. The number of hydrogen-bond donors (Lipinski definition) is 2. The molecule has 0 saturated heterocycles. The molecule has 1 rings (SSSR count). The van der Waals surface area contributed by atoms with E-state index in [0.29, 0.717) is 11.5 Å². The molecule has 0 bridgehead atoms. The van der Waals surface area contributed by atoms with Crippen LogP contribution in [-0.2, 0) is 16.0 Å². The predicted octanol–water partition coefficient (Wildman–Crippen LogP) is 0.322. The van der Waals surface area contributed by atoms with Crippen molar-refractivity contribution in [1.29, 1.82) is 0 Å². The maximum Gasteiger partial charge on any atom is 0.334 e. The van der Waals surface area contributed by atoms with Gasteiger partial charge in [-0.05, 0) is 18.4 Å². The second-order valence-electron chi connectivity index (χ2n) is 3.38. The first-order valence-electron chi connectivity index (χ1n) is 4.95. The first kappa shape index (κ1) is 12.2. The Morgan fingerprint density at radius 1 is 1.25 bits per heavy atom. The lowest BCUT2D eigenvalue weighted by Gasteiger charge is -2.12. The number of nitrogens with zero attached hydrogens (tertiary/aromatic N) is 1. The monoisotopic (exact) mass is 222 g/mol. The van der Waals surface area contributed by atoms with Crippen molar-refractivity contribution in [2.75, 3.05) is 6.54 Å². The summed E-state index contributed by atoms with van der Waals surface area (Å²) in [6, 6.07) is 9.66. The highest BCUT2D eigenvalue weighted by atomic mass is 16.5. The van der Waals surface area contributed by atoms with Crippen molar-refractivity contribution in [3.05, 3.63) is 35.9 Å². The molecule has 0 spiro atoms. The Hall–Kier alpha value is -1.88. The maximum absolute atomic E-state index is 10.9. The van der Waals surface area contributed by atoms with Crippen LogP contribution >= 0.6 is 0 Å². The minimum absolute atomic E-state index is 0.0939. The standard InChI is InChI=1S/C11H14N2O3/c12-10(14)11(15)13(16)8-4-7-9-5-2-1-3-6-9/h1-3,5-6,16H,4,7-8H2,(H2,12,14). The zero-order chi connectivity index (χ0) is 12.0. The summed E-state index contributed by atoms with van der Waals surface area (Å²) in [6.07, 6.45) is 1.30. The van der Waals surface area contributed by atoms with E-state index in [4.69, 9.17) is 10.9 Å². The molecule has 0 aliphatic heterocycles. The molecule has 0 unspecified atom stereocenters. The van der Waals surface area contributed by atoms with Crippen LogP contribution in [0.1, 0.15) is 12.0 Å². The first-order valence-corrected chi connectivity index (χ1v) is 4.95. The van der Waals surface area contributed by atoms with Crippen LogP contribution in [0, 0.1) is 0 Å². The number of carbonyl (C=O) groups is 2. The molecule has 5 nitrogen and oxygen atoms in total. The van der Waals surface area contributed by atoms with Crippen molar-refractivity contribution in [3.63, 3.8) is 0 Å². The van der Waals surface area contributed by atoms with Crippen molar-refractivity contribution < 1.29 is 14.8 Å². The molecular formula is C11H14N2O3. The Morgan fingerprint density at radius 3 is 2.44 bits per heavy atom. The number of hydroxylamine groups is 2. The van der Waals surface area contributed by atoms with Gasteiger partial charge in [-0.25, -0.2) is 5.06 Å². The first-order chi connectivity index (χ1) is 7.61. The van der Waals surface area contributed by atoms with Gasteiger partial charge in [0.1, 0.15) is 0 Å². The highest BCUT2D eigenvalue weighted by Gasteiger charge is 2.15. The number of nitrogens with two attached hydrogens (primary N) is 1. The number of carbonyl (C=O) groups excluding carboxylic acids is 2. The Bertz CT molecular complexity index is 365. The van der Waals surface area contributed by atoms with E-state index >= 15 is 0 Å². The Kier molecular flexibility index (Phi) is 4.47. The third-order valence-corrected chi connectivity index (χ3v) is 2.12. The van der Waals surface area contributed by atoms with E-state index in [1.807, 2.05) is 30.3 Å². The molecule has 2 amide bonds. The van der Waals surface area contributed by atoms with Crippen LogP contribution in [0.2, 0.25) is 0 Å². The molecular weight excluding hydrogens is 208 g/mol. The number of aryl methyl sites for hydroxylation is 1. The molecule has 0 aliphatic rings. The van der Waals surface area contributed by atoms with E-state index < -0.39 is 11.8 Å². The summed E-state index contributed by atoms with van der Waals surface area (Å²) in [4.78, 5) is 21.3. The molecule has 0 fully saturated rings. The van der Waals surface area contributed by atoms with E-state index in [9.17, 15) is 9.59 Å². The fourth-order valence-corrected chi connectivity index (χ4v) is 1.31. The average Bonchev–Trinajstić information content (AvgIpc) is 2.29. The number of rotatable bonds is 4. The van der Waals surface area contributed by atoms with Gasteiger partial charge in [-0.15, -0.1) is 0 Å². The van der Waals surface area contributed by atoms with Crippen molar-refractivity contribution >= 4 is 11.8 Å². The highest BCUT2D eigenvalue weighted by molar-refractivity contribution is 6.33. The Balaban J connectivity index is 2.31. The summed E-state index contributed by atoms with van der Waals surface area (Å²) >= 11 is 0. The van der Waals surface area contributed by atoms with Crippen molar-refractivity contribution in [1.82, 2.24) is 5.06 Å². The zero-order valence-electron chi connectivity index (χ0n) is 8.80. The van der Waals surface area contributed by atoms with E-state index in [2.05, 4.69) is 0 Å². The molecule has 0 aromatic heterocycles. The van der Waals surface area contributed by atoms with Gasteiger partial charge in [0.25, 0.3) is 0 Å². The SMILES string of the molecule is NC(=O)C(=O)N(O)CCCc1ccccc1. The highest BCUT2D eigenvalue weighted by Crippen LogP contribution is 2.02. The summed E-state index contributed by atoms with van der Waals surface area (Å²) in [6.45, 7) is 0.0939. The lowest BCUT2D eigenvalue weighted by atomic mass is 10.1. The van der Waals surface area contributed by atoms with Crippen molar-refractivity contribution in [3.8, 4) is 0 Å². The third-order valence-electron chi connectivity index (χ3n) is 2.12. The van der Waals surface area contributed by atoms with E-state index in [0.717, 1.165) is 12.0 Å². The fraction of sp³-hybridized carbons (Fsp3) is 0.273. The average molecular weight is 222 g/mol. The lowest BCUT2D eigenvalue weighted by molar-refractivity contribution is -0.170. The van der Waals surface area contributed by atoms with Gasteiger partial charge in [0, 0.05) is 6.54 Å². The summed E-state index contributed by atoms with van der Waals surface area (Å²) in [7, 11) is 0. The molecule has 16 heavy (non-hydrogen) atoms. The third kappa shape index (κ3) is 3.70. The smallest absolute Gasteiger partial charge is 0.334 e. The van der Waals surface area contributed by atoms with Gasteiger partial charge in [0.05, 0.1) is 0 Å². The van der Waals surface area contributed by atoms with Gasteiger partial charge >= 0.3 is 11.8 Å².